The van der Waals surface area contributed by atoms with E-state index >= 15 is 0 Å². The zero-order valence-corrected chi connectivity index (χ0v) is 10.1. The number of rotatable bonds is 3. The number of amides is 1. The molecular formula is C14H14N2O2. The molecule has 0 saturated carbocycles. The molecule has 1 aromatic carbocycles. The standard InChI is InChI=1S/C14H14N2O2/c1-11-3-2-4-12(9-11)15-14(18)10-16-7-5-13(17)6-8-16/h2-9H,10H2,1H3,(H,15,18). The fraction of sp³-hybridized carbons (Fsp3) is 0.143. The van der Waals surface area contributed by atoms with E-state index in [4.69, 9.17) is 0 Å². The van der Waals surface area contributed by atoms with Crippen molar-refractivity contribution in [3.05, 3.63) is 64.6 Å². The van der Waals surface area contributed by atoms with Crippen LogP contribution in [0.1, 0.15) is 5.56 Å². The zero-order valence-electron chi connectivity index (χ0n) is 10.1. The Morgan fingerprint density at radius 1 is 1.22 bits per heavy atom. The second kappa shape index (κ2) is 5.31. The van der Waals surface area contributed by atoms with Gasteiger partial charge in [0, 0.05) is 30.2 Å². The molecule has 1 N–H and O–H groups in total. The molecule has 0 unspecified atom stereocenters. The normalized spacial score (nSPS) is 10.1. The monoisotopic (exact) mass is 242 g/mol. The number of aromatic nitrogens is 1. The van der Waals surface area contributed by atoms with Crippen LogP contribution in [0.4, 0.5) is 5.69 Å². The van der Waals surface area contributed by atoms with E-state index in [1.54, 1.807) is 17.0 Å². The number of aryl methyl sites for hydroxylation is 1. The SMILES string of the molecule is Cc1cccc(NC(=O)Cn2ccc(=O)cc2)c1. The van der Waals surface area contributed by atoms with Crippen molar-refractivity contribution in [2.24, 2.45) is 0 Å². The maximum Gasteiger partial charge on any atom is 0.244 e. The highest BCUT2D eigenvalue weighted by atomic mass is 16.2. The van der Waals surface area contributed by atoms with Gasteiger partial charge in [0.2, 0.25) is 5.91 Å². The minimum Gasteiger partial charge on any atom is -0.345 e. The predicted molar refractivity (Wildman–Crippen MR) is 70.5 cm³/mol. The van der Waals surface area contributed by atoms with Crippen LogP contribution < -0.4 is 10.7 Å². The molecule has 2 rings (SSSR count). The van der Waals surface area contributed by atoms with Gasteiger partial charge in [0.05, 0.1) is 0 Å². The average molecular weight is 242 g/mol. The third-order valence-corrected chi connectivity index (χ3v) is 2.49. The minimum absolute atomic E-state index is 0.0645. The Bertz CT molecular complexity index is 597. The molecule has 1 aromatic heterocycles. The molecule has 92 valence electrons. The van der Waals surface area contributed by atoms with E-state index in [2.05, 4.69) is 5.32 Å². The third-order valence-electron chi connectivity index (χ3n) is 2.49. The van der Waals surface area contributed by atoms with Gasteiger partial charge in [0.25, 0.3) is 0 Å². The van der Waals surface area contributed by atoms with Gasteiger partial charge in [-0.3, -0.25) is 9.59 Å². The Morgan fingerprint density at radius 3 is 2.61 bits per heavy atom. The number of nitrogens with one attached hydrogen (secondary N) is 1. The molecule has 0 aliphatic heterocycles. The molecule has 0 fully saturated rings. The summed E-state index contributed by atoms with van der Waals surface area (Å²) in [5, 5.41) is 2.81. The molecule has 0 aliphatic rings. The van der Waals surface area contributed by atoms with Crippen LogP contribution in [-0.2, 0) is 11.3 Å². The van der Waals surface area contributed by atoms with Gasteiger partial charge in [-0.25, -0.2) is 0 Å². The molecule has 0 atom stereocenters. The summed E-state index contributed by atoms with van der Waals surface area (Å²) in [6.07, 6.45) is 3.19. The zero-order chi connectivity index (χ0) is 13.0. The molecule has 1 heterocycles. The molecule has 4 nitrogen and oxygen atoms in total. The quantitative estimate of drug-likeness (QED) is 0.892. The van der Waals surface area contributed by atoms with E-state index in [1.807, 2.05) is 31.2 Å². The summed E-state index contributed by atoms with van der Waals surface area (Å²) in [6.45, 7) is 2.16. The molecule has 18 heavy (non-hydrogen) atoms. The van der Waals surface area contributed by atoms with E-state index in [-0.39, 0.29) is 17.9 Å². The van der Waals surface area contributed by atoms with Gasteiger partial charge < -0.3 is 9.88 Å². The summed E-state index contributed by atoms with van der Waals surface area (Å²) in [7, 11) is 0. The number of hydrogen-bond donors (Lipinski definition) is 1. The summed E-state index contributed by atoms with van der Waals surface area (Å²) in [4.78, 5) is 22.7. The number of pyridine rings is 1. The lowest BCUT2D eigenvalue weighted by atomic mass is 10.2. The molecule has 0 spiro atoms. The van der Waals surface area contributed by atoms with Crippen LogP contribution in [0.3, 0.4) is 0 Å². The lowest BCUT2D eigenvalue weighted by molar-refractivity contribution is -0.116. The molecular weight excluding hydrogens is 228 g/mol. The minimum atomic E-state index is -0.121. The number of anilines is 1. The van der Waals surface area contributed by atoms with Crippen molar-refractivity contribution in [2.45, 2.75) is 13.5 Å². The van der Waals surface area contributed by atoms with Gasteiger partial charge in [0.15, 0.2) is 5.43 Å². The van der Waals surface area contributed by atoms with E-state index in [1.165, 1.54) is 12.1 Å². The van der Waals surface area contributed by atoms with Gasteiger partial charge in [-0.15, -0.1) is 0 Å². The first kappa shape index (κ1) is 12.1. The molecule has 0 radical (unpaired) electrons. The first-order valence-corrected chi connectivity index (χ1v) is 5.66. The number of nitrogens with zero attached hydrogens (tertiary/aromatic N) is 1. The molecule has 0 saturated heterocycles. The van der Waals surface area contributed by atoms with E-state index in [9.17, 15) is 9.59 Å². The highest BCUT2D eigenvalue weighted by molar-refractivity contribution is 5.90. The highest BCUT2D eigenvalue weighted by Gasteiger charge is 2.02. The van der Waals surface area contributed by atoms with Crippen LogP contribution >= 0.6 is 0 Å². The Balaban J connectivity index is 2.01. The van der Waals surface area contributed by atoms with Crippen LogP contribution in [-0.4, -0.2) is 10.5 Å². The van der Waals surface area contributed by atoms with Crippen LogP contribution in [0.2, 0.25) is 0 Å². The van der Waals surface area contributed by atoms with Crippen molar-refractivity contribution >= 4 is 11.6 Å². The van der Waals surface area contributed by atoms with Gasteiger partial charge in [-0.2, -0.15) is 0 Å². The lowest BCUT2D eigenvalue weighted by Gasteiger charge is -2.07. The first-order valence-electron chi connectivity index (χ1n) is 5.66. The second-order valence-corrected chi connectivity index (χ2v) is 4.12. The summed E-state index contributed by atoms with van der Waals surface area (Å²) < 4.78 is 1.66. The number of carbonyl (C=O) groups is 1. The summed E-state index contributed by atoms with van der Waals surface area (Å²) in [5.74, 6) is -0.121. The van der Waals surface area contributed by atoms with Crippen molar-refractivity contribution < 1.29 is 4.79 Å². The molecule has 0 aliphatic carbocycles. The van der Waals surface area contributed by atoms with Crippen molar-refractivity contribution in [3.63, 3.8) is 0 Å². The maximum atomic E-state index is 11.8. The molecule has 1 amide bonds. The van der Waals surface area contributed by atoms with Crippen molar-refractivity contribution in [3.8, 4) is 0 Å². The van der Waals surface area contributed by atoms with Crippen LogP contribution in [0.25, 0.3) is 0 Å². The molecule has 4 heteroatoms. The smallest absolute Gasteiger partial charge is 0.244 e. The van der Waals surface area contributed by atoms with Crippen LogP contribution in [0, 0.1) is 6.92 Å². The van der Waals surface area contributed by atoms with Crippen molar-refractivity contribution in [1.29, 1.82) is 0 Å². The summed E-state index contributed by atoms with van der Waals surface area (Å²) >= 11 is 0. The van der Waals surface area contributed by atoms with Crippen LogP contribution in [0.5, 0.6) is 0 Å². The summed E-state index contributed by atoms with van der Waals surface area (Å²) in [5.41, 5.74) is 1.81. The molecule has 0 bridgehead atoms. The maximum absolute atomic E-state index is 11.8. The highest BCUT2D eigenvalue weighted by Crippen LogP contribution is 2.09. The van der Waals surface area contributed by atoms with Gasteiger partial charge >= 0.3 is 0 Å². The van der Waals surface area contributed by atoms with Crippen LogP contribution in [0.15, 0.2) is 53.6 Å². The largest absolute Gasteiger partial charge is 0.345 e. The number of carbonyl (C=O) groups excluding carboxylic acids is 1. The van der Waals surface area contributed by atoms with Gasteiger partial charge in [-0.05, 0) is 24.6 Å². The predicted octanol–water partition coefficient (Wildman–Crippen LogP) is 1.80. The van der Waals surface area contributed by atoms with Crippen molar-refractivity contribution in [2.75, 3.05) is 5.32 Å². The number of benzene rings is 1. The average Bonchev–Trinajstić information content (AvgIpc) is 2.32. The van der Waals surface area contributed by atoms with E-state index in [0.29, 0.717) is 0 Å². The third kappa shape index (κ3) is 3.31. The van der Waals surface area contributed by atoms with E-state index < -0.39 is 0 Å². The fourth-order valence-corrected chi connectivity index (χ4v) is 1.64. The second-order valence-electron chi connectivity index (χ2n) is 4.12. The number of hydrogen-bond acceptors (Lipinski definition) is 2. The Kier molecular flexibility index (Phi) is 3.57. The van der Waals surface area contributed by atoms with Gasteiger partial charge in [0.1, 0.15) is 6.54 Å². The van der Waals surface area contributed by atoms with Crippen molar-refractivity contribution in [1.82, 2.24) is 4.57 Å². The summed E-state index contributed by atoms with van der Waals surface area (Å²) in [6, 6.07) is 10.5. The Labute approximate surface area is 105 Å². The first-order chi connectivity index (χ1) is 8.63. The topological polar surface area (TPSA) is 51.1 Å². The van der Waals surface area contributed by atoms with E-state index in [0.717, 1.165) is 11.3 Å². The van der Waals surface area contributed by atoms with Gasteiger partial charge in [-0.1, -0.05) is 12.1 Å². The fourth-order valence-electron chi connectivity index (χ4n) is 1.64. The molecule has 2 aromatic rings. The Morgan fingerprint density at radius 2 is 1.94 bits per heavy atom. The lowest BCUT2D eigenvalue weighted by Crippen LogP contribution is -2.19. The Hall–Kier alpha value is -2.36.